The van der Waals surface area contributed by atoms with E-state index in [0.29, 0.717) is 35.0 Å². The molecule has 4 aromatic rings. The SMILES string of the molecule is CCOc1ccc(/C(O)=C2\C(=O)C(=O)N(Cc3ccccc3)C2c2cccc(Oc3ccccc3)c2)cc1. The molecule has 0 aliphatic carbocycles. The van der Waals surface area contributed by atoms with Gasteiger partial charge >= 0.3 is 0 Å². The summed E-state index contributed by atoms with van der Waals surface area (Å²) in [5, 5.41) is 11.4. The molecule has 0 saturated carbocycles. The van der Waals surface area contributed by atoms with E-state index in [9.17, 15) is 14.7 Å². The van der Waals surface area contributed by atoms with Gasteiger partial charge in [-0.3, -0.25) is 9.59 Å². The summed E-state index contributed by atoms with van der Waals surface area (Å²) in [5.41, 5.74) is 1.98. The van der Waals surface area contributed by atoms with E-state index >= 15 is 0 Å². The summed E-state index contributed by atoms with van der Waals surface area (Å²) >= 11 is 0. The Morgan fingerprint density at radius 3 is 2.13 bits per heavy atom. The Morgan fingerprint density at radius 1 is 0.789 bits per heavy atom. The van der Waals surface area contributed by atoms with Crippen LogP contribution in [0.5, 0.6) is 17.2 Å². The van der Waals surface area contributed by atoms with Crippen LogP contribution in [0.15, 0.2) is 115 Å². The van der Waals surface area contributed by atoms with Gasteiger partial charge in [-0.25, -0.2) is 0 Å². The Morgan fingerprint density at radius 2 is 1.45 bits per heavy atom. The third-order valence-corrected chi connectivity index (χ3v) is 6.33. The number of likely N-dealkylation sites (tertiary alicyclic amines) is 1. The van der Waals surface area contributed by atoms with Crippen LogP contribution in [0.3, 0.4) is 0 Å². The van der Waals surface area contributed by atoms with Gasteiger partial charge in [0.15, 0.2) is 0 Å². The van der Waals surface area contributed by atoms with Crippen molar-refractivity contribution in [2.75, 3.05) is 6.61 Å². The van der Waals surface area contributed by atoms with Crippen LogP contribution >= 0.6 is 0 Å². The standard InChI is InChI=1S/C32H27NO5/c1-2-37-25-18-16-23(17-19-25)30(34)28-29(33(32(36)31(28)35)21-22-10-5-3-6-11-22)24-12-9-15-27(20-24)38-26-13-7-4-8-14-26/h3-20,29,34H,2,21H2,1H3/b30-28+. The van der Waals surface area contributed by atoms with E-state index in [-0.39, 0.29) is 17.9 Å². The smallest absolute Gasteiger partial charge is 0.295 e. The molecule has 1 heterocycles. The molecule has 38 heavy (non-hydrogen) atoms. The van der Waals surface area contributed by atoms with Gasteiger partial charge in [-0.1, -0.05) is 60.7 Å². The largest absolute Gasteiger partial charge is 0.507 e. The molecule has 1 aliphatic rings. The summed E-state index contributed by atoms with van der Waals surface area (Å²) in [4.78, 5) is 28.2. The van der Waals surface area contributed by atoms with E-state index < -0.39 is 17.7 Å². The van der Waals surface area contributed by atoms with E-state index in [4.69, 9.17) is 9.47 Å². The Balaban J connectivity index is 1.59. The highest BCUT2D eigenvalue weighted by Gasteiger charge is 2.46. The molecule has 0 radical (unpaired) electrons. The first-order chi connectivity index (χ1) is 18.5. The van der Waals surface area contributed by atoms with Crippen molar-refractivity contribution in [2.24, 2.45) is 0 Å². The van der Waals surface area contributed by atoms with Gasteiger partial charge < -0.3 is 19.5 Å². The summed E-state index contributed by atoms with van der Waals surface area (Å²) in [6.45, 7) is 2.61. The van der Waals surface area contributed by atoms with E-state index in [1.807, 2.05) is 85.8 Å². The number of hydrogen-bond acceptors (Lipinski definition) is 5. The van der Waals surface area contributed by atoms with Gasteiger partial charge in [0.2, 0.25) is 0 Å². The first-order valence-electron chi connectivity index (χ1n) is 12.4. The van der Waals surface area contributed by atoms with Gasteiger partial charge in [0.1, 0.15) is 23.0 Å². The molecule has 5 rings (SSSR count). The Kier molecular flexibility index (Phi) is 7.22. The number of Topliss-reactive ketones (excluding diaryl/α,β-unsaturated/α-hetero) is 1. The van der Waals surface area contributed by atoms with Crippen molar-refractivity contribution < 1.29 is 24.2 Å². The molecule has 1 amide bonds. The number of aliphatic hydroxyl groups is 1. The van der Waals surface area contributed by atoms with Crippen LogP contribution in [-0.2, 0) is 16.1 Å². The fraction of sp³-hybridized carbons (Fsp3) is 0.125. The number of amides is 1. The van der Waals surface area contributed by atoms with Crippen molar-refractivity contribution in [1.82, 2.24) is 4.90 Å². The predicted molar refractivity (Wildman–Crippen MR) is 145 cm³/mol. The van der Waals surface area contributed by atoms with Crippen molar-refractivity contribution in [3.63, 3.8) is 0 Å². The van der Waals surface area contributed by atoms with Gasteiger partial charge in [-0.15, -0.1) is 0 Å². The number of carbonyl (C=O) groups is 2. The number of ketones is 1. The Labute approximate surface area is 221 Å². The molecule has 190 valence electrons. The number of ether oxygens (including phenoxy) is 2. The number of benzene rings is 4. The van der Waals surface area contributed by atoms with Crippen LogP contribution in [0.25, 0.3) is 5.76 Å². The Hall–Kier alpha value is -4.84. The van der Waals surface area contributed by atoms with Crippen molar-refractivity contribution in [2.45, 2.75) is 19.5 Å². The summed E-state index contributed by atoms with van der Waals surface area (Å²) < 4.78 is 11.5. The molecule has 0 aromatic heterocycles. The van der Waals surface area contributed by atoms with Crippen molar-refractivity contribution >= 4 is 17.4 Å². The van der Waals surface area contributed by atoms with E-state index in [1.54, 1.807) is 30.3 Å². The molecule has 1 atom stereocenters. The highest BCUT2D eigenvalue weighted by Crippen LogP contribution is 2.41. The Bertz CT molecular complexity index is 1460. The fourth-order valence-electron chi connectivity index (χ4n) is 4.57. The van der Waals surface area contributed by atoms with Gasteiger partial charge in [-0.05, 0) is 66.6 Å². The average molecular weight is 506 g/mol. The minimum Gasteiger partial charge on any atom is -0.507 e. The van der Waals surface area contributed by atoms with Crippen LogP contribution < -0.4 is 9.47 Å². The van der Waals surface area contributed by atoms with Gasteiger partial charge in [0, 0.05) is 12.1 Å². The lowest BCUT2D eigenvalue weighted by Gasteiger charge is -2.26. The monoisotopic (exact) mass is 505 g/mol. The molecule has 0 spiro atoms. The summed E-state index contributed by atoms with van der Waals surface area (Å²) in [5.74, 6) is 0.238. The molecule has 4 aromatic carbocycles. The molecule has 1 aliphatic heterocycles. The first kappa shape index (κ1) is 24.8. The zero-order chi connectivity index (χ0) is 26.5. The third kappa shape index (κ3) is 5.15. The molecular formula is C32H27NO5. The van der Waals surface area contributed by atoms with Gasteiger partial charge in [-0.2, -0.15) is 0 Å². The van der Waals surface area contributed by atoms with Crippen molar-refractivity contribution in [3.8, 4) is 17.2 Å². The number of nitrogens with zero attached hydrogens (tertiary/aromatic N) is 1. The molecule has 6 nitrogen and oxygen atoms in total. The van der Waals surface area contributed by atoms with E-state index in [0.717, 1.165) is 5.56 Å². The molecule has 1 fully saturated rings. The van der Waals surface area contributed by atoms with Crippen molar-refractivity contribution in [1.29, 1.82) is 0 Å². The van der Waals surface area contributed by atoms with Crippen LogP contribution in [0.1, 0.15) is 29.7 Å². The maximum absolute atomic E-state index is 13.4. The summed E-state index contributed by atoms with van der Waals surface area (Å²) in [6, 6.07) is 32.1. The second kappa shape index (κ2) is 11.0. The summed E-state index contributed by atoms with van der Waals surface area (Å²) in [6.07, 6.45) is 0. The lowest BCUT2D eigenvalue weighted by atomic mass is 9.95. The average Bonchev–Trinajstić information content (AvgIpc) is 3.19. The van der Waals surface area contributed by atoms with Gasteiger partial charge in [0.05, 0.1) is 18.2 Å². The second-order valence-corrected chi connectivity index (χ2v) is 8.86. The minimum absolute atomic E-state index is 0.0342. The summed E-state index contributed by atoms with van der Waals surface area (Å²) in [7, 11) is 0. The fourth-order valence-corrected chi connectivity index (χ4v) is 4.57. The van der Waals surface area contributed by atoms with Gasteiger partial charge in [0.25, 0.3) is 11.7 Å². The third-order valence-electron chi connectivity index (χ3n) is 6.33. The zero-order valence-electron chi connectivity index (χ0n) is 20.9. The van der Waals surface area contributed by atoms with Crippen LogP contribution in [-0.4, -0.2) is 28.3 Å². The number of carbonyl (C=O) groups excluding carboxylic acids is 2. The van der Waals surface area contributed by atoms with E-state index in [2.05, 4.69) is 0 Å². The second-order valence-electron chi connectivity index (χ2n) is 8.86. The number of para-hydroxylation sites is 1. The lowest BCUT2D eigenvalue weighted by molar-refractivity contribution is -0.140. The number of hydrogen-bond donors (Lipinski definition) is 1. The first-order valence-corrected chi connectivity index (χ1v) is 12.4. The lowest BCUT2D eigenvalue weighted by Crippen LogP contribution is -2.29. The molecular weight excluding hydrogens is 478 g/mol. The molecule has 1 saturated heterocycles. The van der Waals surface area contributed by atoms with Crippen LogP contribution in [0, 0.1) is 0 Å². The molecule has 1 N–H and O–H groups in total. The molecule has 6 heteroatoms. The van der Waals surface area contributed by atoms with Crippen LogP contribution in [0.4, 0.5) is 0 Å². The molecule has 0 bridgehead atoms. The minimum atomic E-state index is -0.805. The maximum atomic E-state index is 13.4. The quantitative estimate of drug-likeness (QED) is 0.168. The highest BCUT2D eigenvalue weighted by molar-refractivity contribution is 6.46. The number of rotatable bonds is 8. The van der Waals surface area contributed by atoms with Crippen LogP contribution in [0.2, 0.25) is 0 Å². The zero-order valence-corrected chi connectivity index (χ0v) is 20.9. The highest BCUT2D eigenvalue weighted by atomic mass is 16.5. The predicted octanol–water partition coefficient (Wildman–Crippen LogP) is 6.50. The van der Waals surface area contributed by atoms with Crippen molar-refractivity contribution in [3.05, 3.63) is 131 Å². The van der Waals surface area contributed by atoms with E-state index in [1.165, 1.54) is 4.90 Å². The molecule has 1 unspecified atom stereocenters. The maximum Gasteiger partial charge on any atom is 0.295 e. The number of aliphatic hydroxyl groups excluding tert-OH is 1. The normalized spacial score (nSPS) is 16.4. The topological polar surface area (TPSA) is 76.1 Å².